The van der Waals surface area contributed by atoms with Crippen molar-refractivity contribution >= 4 is 23.7 Å². The Balaban J connectivity index is 2.60. The zero-order valence-electron chi connectivity index (χ0n) is 15.6. The van der Waals surface area contributed by atoms with E-state index in [0.29, 0.717) is 5.56 Å². The molecule has 1 aliphatic carbocycles. The molecule has 27 heavy (non-hydrogen) atoms. The minimum absolute atomic E-state index is 0.263. The Hall–Kier alpha value is -2.74. The lowest BCUT2D eigenvalue weighted by Gasteiger charge is -2.43. The summed E-state index contributed by atoms with van der Waals surface area (Å²) >= 11 is 0. The number of benzene rings is 1. The van der Waals surface area contributed by atoms with Gasteiger partial charge in [-0.25, -0.2) is 4.79 Å². The highest BCUT2D eigenvalue weighted by molar-refractivity contribution is 6.02. The van der Waals surface area contributed by atoms with Crippen LogP contribution in [-0.4, -0.2) is 55.7 Å². The number of hydrogen-bond acceptors (Lipinski definition) is 8. The molecule has 2 rings (SSSR count). The Labute approximate surface area is 156 Å². The number of methoxy groups -OCH3 is 3. The van der Waals surface area contributed by atoms with E-state index in [2.05, 4.69) is 4.74 Å². The van der Waals surface area contributed by atoms with Gasteiger partial charge in [-0.3, -0.25) is 14.4 Å². The molecule has 0 saturated heterocycles. The first kappa shape index (κ1) is 20.6. The van der Waals surface area contributed by atoms with Crippen LogP contribution < -0.4 is 0 Å². The Morgan fingerprint density at radius 1 is 1.00 bits per heavy atom. The van der Waals surface area contributed by atoms with Gasteiger partial charge >= 0.3 is 17.9 Å². The van der Waals surface area contributed by atoms with Gasteiger partial charge in [0.1, 0.15) is 5.92 Å². The lowest BCUT2D eigenvalue weighted by Crippen LogP contribution is -2.55. The Kier molecular flexibility index (Phi) is 6.00. The van der Waals surface area contributed by atoms with Crippen molar-refractivity contribution in [2.45, 2.75) is 24.9 Å². The van der Waals surface area contributed by atoms with E-state index in [1.807, 2.05) is 0 Å². The molecule has 0 amide bonds. The van der Waals surface area contributed by atoms with E-state index in [-0.39, 0.29) is 12.0 Å². The van der Waals surface area contributed by atoms with Gasteiger partial charge in [0.05, 0.1) is 38.4 Å². The predicted molar refractivity (Wildman–Crippen MR) is 91.8 cm³/mol. The van der Waals surface area contributed by atoms with E-state index in [1.165, 1.54) is 45.4 Å². The summed E-state index contributed by atoms with van der Waals surface area (Å²) in [7, 11) is 3.56. The zero-order valence-corrected chi connectivity index (χ0v) is 15.6. The van der Waals surface area contributed by atoms with Gasteiger partial charge in [-0.1, -0.05) is 12.1 Å². The minimum Gasteiger partial charge on any atom is -0.469 e. The SMILES string of the molecule is COC(=O)c1ccc([C@@H]2[C@H](C(=O)OC)C(=O)C[C@@](C)(O)[C@H]2C(=O)OC)cc1. The topological polar surface area (TPSA) is 116 Å². The molecule has 1 aliphatic rings. The number of carbonyl (C=O) groups is 4. The molecule has 0 unspecified atom stereocenters. The van der Waals surface area contributed by atoms with Crippen molar-refractivity contribution in [1.82, 2.24) is 0 Å². The highest BCUT2D eigenvalue weighted by Gasteiger charge is 2.56. The molecule has 8 nitrogen and oxygen atoms in total. The molecule has 0 bridgehead atoms. The second-order valence-electron chi connectivity index (χ2n) is 6.64. The van der Waals surface area contributed by atoms with Crippen LogP contribution in [0.25, 0.3) is 0 Å². The quantitative estimate of drug-likeness (QED) is 0.466. The average molecular weight is 378 g/mol. The fourth-order valence-corrected chi connectivity index (χ4v) is 3.63. The van der Waals surface area contributed by atoms with Crippen LogP contribution in [0.2, 0.25) is 0 Å². The van der Waals surface area contributed by atoms with Crippen LogP contribution >= 0.6 is 0 Å². The number of rotatable bonds is 4. The smallest absolute Gasteiger partial charge is 0.337 e. The van der Waals surface area contributed by atoms with Crippen LogP contribution in [0.15, 0.2) is 24.3 Å². The number of carbonyl (C=O) groups excluding carboxylic acids is 4. The Bertz CT molecular complexity index is 749. The second-order valence-corrected chi connectivity index (χ2v) is 6.64. The molecular weight excluding hydrogens is 356 g/mol. The normalized spacial score (nSPS) is 27.6. The number of ketones is 1. The van der Waals surface area contributed by atoms with Crippen molar-refractivity contribution in [2.24, 2.45) is 11.8 Å². The lowest BCUT2D eigenvalue weighted by molar-refractivity contribution is -0.170. The van der Waals surface area contributed by atoms with Crippen LogP contribution in [0.4, 0.5) is 0 Å². The van der Waals surface area contributed by atoms with Gasteiger partial charge in [-0.2, -0.15) is 0 Å². The molecule has 8 heteroatoms. The summed E-state index contributed by atoms with van der Waals surface area (Å²) in [6.45, 7) is 1.36. The van der Waals surface area contributed by atoms with Crippen LogP contribution in [-0.2, 0) is 28.6 Å². The van der Waals surface area contributed by atoms with Gasteiger partial charge in [-0.15, -0.1) is 0 Å². The molecule has 1 aromatic carbocycles. The van der Waals surface area contributed by atoms with Crippen molar-refractivity contribution in [3.63, 3.8) is 0 Å². The maximum absolute atomic E-state index is 12.6. The molecule has 146 valence electrons. The fraction of sp³-hybridized carbons (Fsp3) is 0.474. The number of ether oxygens (including phenoxy) is 3. The van der Waals surface area contributed by atoms with E-state index in [0.717, 1.165) is 7.11 Å². The molecule has 0 radical (unpaired) electrons. The number of Topliss-reactive ketones (excluding diaryl/α,β-unsaturated/α-hetero) is 1. The molecule has 0 heterocycles. The van der Waals surface area contributed by atoms with Crippen molar-refractivity contribution in [2.75, 3.05) is 21.3 Å². The summed E-state index contributed by atoms with van der Waals surface area (Å²) < 4.78 is 14.2. The van der Waals surface area contributed by atoms with Crippen LogP contribution in [0, 0.1) is 11.8 Å². The third-order valence-corrected chi connectivity index (χ3v) is 4.89. The monoisotopic (exact) mass is 378 g/mol. The summed E-state index contributed by atoms with van der Waals surface area (Å²) in [6, 6.07) is 5.93. The predicted octanol–water partition coefficient (Wildman–Crippen LogP) is 0.859. The number of hydrogen-bond donors (Lipinski definition) is 1. The standard InChI is InChI=1S/C19H22O8/c1-19(24)9-12(20)14(17(22)26-3)13(15(19)18(23)27-4)10-5-7-11(8-6-10)16(21)25-2/h5-8,13-15,24H,9H2,1-4H3/t13-,14-,15-,19-/m1/s1. The highest BCUT2D eigenvalue weighted by atomic mass is 16.5. The first-order chi connectivity index (χ1) is 12.7. The molecule has 0 spiro atoms. The van der Waals surface area contributed by atoms with Crippen molar-refractivity contribution in [3.05, 3.63) is 35.4 Å². The largest absolute Gasteiger partial charge is 0.469 e. The van der Waals surface area contributed by atoms with Gasteiger partial charge < -0.3 is 19.3 Å². The Morgan fingerprint density at radius 2 is 1.56 bits per heavy atom. The van der Waals surface area contributed by atoms with Crippen molar-refractivity contribution in [3.8, 4) is 0 Å². The third-order valence-electron chi connectivity index (χ3n) is 4.89. The molecular formula is C19H22O8. The first-order valence-electron chi connectivity index (χ1n) is 8.27. The molecule has 0 aliphatic heterocycles. The minimum atomic E-state index is -1.71. The number of esters is 3. The fourth-order valence-electron chi connectivity index (χ4n) is 3.63. The van der Waals surface area contributed by atoms with E-state index < -0.39 is 47.0 Å². The lowest BCUT2D eigenvalue weighted by atomic mass is 9.61. The molecule has 0 aromatic heterocycles. The van der Waals surface area contributed by atoms with E-state index in [1.54, 1.807) is 0 Å². The molecule has 1 saturated carbocycles. The van der Waals surface area contributed by atoms with E-state index >= 15 is 0 Å². The van der Waals surface area contributed by atoms with E-state index in [9.17, 15) is 24.3 Å². The van der Waals surface area contributed by atoms with Crippen LogP contribution in [0.3, 0.4) is 0 Å². The van der Waals surface area contributed by atoms with Crippen molar-refractivity contribution in [1.29, 1.82) is 0 Å². The maximum atomic E-state index is 12.6. The van der Waals surface area contributed by atoms with Gasteiger partial charge in [-0.05, 0) is 24.6 Å². The summed E-state index contributed by atoms with van der Waals surface area (Å²) in [5, 5.41) is 10.7. The van der Waals surface area contributed by atoms with Gasteiger partial charge in [0, 0.05) is 12.3 Å². The highest BCUT2D eigenvalue weighted by Crippen LogP contribution is 2.46. The Morgan fingerprint density at radius 3 is 2.04 bits per heavy atom. The van der Waals surface area contributed by atoms with Crippen LogP contribution in [0.5, 0.6) is 0 Å². The summed E-state index contributed by atoms with van der Waals surface area (Å²) in [4.78, 5) is 48.9. The average Bonchev–Trinajstić information content (AvgIpc) is 2.65. The van der Waals surface area contributed by atoms with Gasteiger partial charge in [0.25, 0.3) is 0 Å². The summed E-state index contributed by atoms with van der Waals surface area (Å²) in [5.74, 6) is -6.09. The van der Waals surface area contributed by atoms with Crippen LogP contribution in [0.1, 0.15) is 35.2 Å². The first-order valence-corrected chi connectivity index (χ1v) is 8.27. The molecule has 1 fully saturated rings. The number of aliphatic hydroxyl groups is 1. The second kappa shape index (κ2) is 7.87. The summed E-state index contributed by atoms with van der Waals surface area (Å²) in [6.07, 6.45) is -0.386. The van der Waals surface area contributed by atoms with Crippen molar-refractivity contribution < 1.29 is 38.5 Å². The molecule has 4 atom stereocenters. The maximum Gasteiger partial charge on any atom is 0.337 e. The zero-order chi connectivity index (χ0) is 20.4. The summed E-state index contributed by atoms with van der Waals surface area (Å²) in [5.41, 5.74) is -1.03. The van der Waals surface area contributed by atoms with Gasteiger partial charge in [0.2, 0.25) is 0 Å². The third kappa shape index (κ3) is 3.85. The molecule has 1 N–H and O–H groups in total. The van der Waals surface area contributed by atoms with Gasteiger partial charge in [0.15, 0.2) is 5.78 Å². The molecule has 1 aromatic rings. The van der Waals surface area contributed by atoms with E-state index in [4.69, 9.17) is 9.47 Å².